The van der Waals surface area contributed by atoms with Crippen molar-refractivity contribution in [3.8, 4) is 5.75 Å². The Morgan fingerprint density at radius 3 is 2.55 bits per heavy atom. The number of dihydropyridines is 1. The van der Waals surface area contributed by atoms with Crippen molar-refractivity contribution >= 4 is 11.8 Å². The highest BCUT2D eigenvalue weighted by atomic mass is 19.1. The number of carbonyl (C=O) groups excluding carboxylic acids is 2. The summed E-state index contributed by atoms with van der Waals surface area (Å²) in [5, 5.41) is 3.31. The first-order chi connectivity index (χ1) is 15.9. The van der Waals surface area contributed by atoms with Crippen molar-refractivity contribution in [3.05, 3.63) is 88.0 Å². The normalized spacial score (nSPS) is 20.3. The van der Waals surface area contributed by atoms with Crippen molar-refractivity contribution < 1.29 is 23.5 Å². The zero-order valence-electron chi connectivity index (χ0n) is 19.1. The smallest absolute Gasteiger partial charge is 0.336 e. The predicted octanol–water partition coefficient (Wildman–Crippen LogP) is 5.15. The minimum atomic E-state index is -0.580. The zero-order valence-corrected chi connectivity index (χ0v) is 19.1. The Morgan fingerprint density at radius 2 is 1.85 bits per heavy atom. The van der Waals surface area contributed by atoms with Crippen LogP contribution in [0.3, 0.4) is 0 Å². The van der Waals surface area contributed by atoms with Gasteiger partial charge in [0.1, 0.15) is 11.6 Å². The maximum atomic E-state index is 13.6. The van der Waals surface area contributed by atoms with E-state index in [9.17, 15) is 14.0 Å². The van der Waals surface area contributed by atoms with Gasteiger partial charge in [0.15, 0.2) is 5.78 Å². The molecule has 2 aromatic rings. The number of carbonyl (C=O) groups is 2. The summed E-state index contributed by atoms with van der Waals surface area (Å²) in [5.41, 5.74) is 4.13. The number of halogens is 1. The Labute approximate surface area is 193 Å². The van der Waals surface area contributed by atoms with E-state index in [1.54, 1.807) is 12.1 Å². The molecule has 4 rings (SSSR count). The van der Waals surface area contributed by atoms with Crippen LogP contribution in [0.2, 0.25) is 0 Å². The summed E-state index contributed by atoms with van der Waals surface area (Å²) >= 11 is 0. The topological polar surface area (TPSA) is 64.6 Å². The van der Waals surface area contributed by atoms with Gasteiger partial charge in [-0.05, 0) is 49.4 Å². The van der Waals surface area contributed by atoms with E-state index in [4.69, 9.17) is 9.47 Å². The molecule has 0 unspecified atom stereocenters. The van der Waals surface area contributed by atoms with E-state index < -0.39 is 11.9 Å². The molecule has 0 aromatic heterocycles. The fraction of sp³-hybridized carbons (Fsp3) is 0.333. The van der Waals surface area contributed by atoms with Gasteiger partial charge < -0.3 is 14.8 Å². The fourth-order valence-corrected chi connectivity index (χ4v) is 4.76. The van der Waals surface area contributed by atoms with E-state index in [0.29, 0.717) is 35.6 Å². The Hall–Kier alpha value is -3.41. The Morgan fingerprint density at radius 1 is 1.12 bits per heavy atom. The SMILES string of the molecule is CCCOc1ccccc1[C@@H]1C(C(=O)OC)=C(C)NC2=C1C(=O)C[C@@H](c1ccc(F)cc1)C2. The van der Waals surface area contributed by atoms with E-state index in [2.05, 4.69) is 5.32 Å². The number of benzene rings is 2. The van der Waals surface area contributed by atoms with Gasteiger partial charge in [-0.25, -0.2) is 9.18 Å². The molecule has 0 saturated heterocycles. The molecule has 2 aliphatic rings. The third-order valence-electron chi connectivity index (χ3n) is 6.27. The van der Waals surface area contributed by atoms with Crippen molar-refractivity contribution in [2.45, 2.75) is 44.9 Å². The fourth-order valence-electron chi connectivity index (χ4n) is 4.76. The third-order valence-corrected chi connectivity index (χ3v) is 6.27. The second kappa shape index (κ2) is 9.61. The number of esters is 1. The number of hydrogen-bond donors (Lipinski definition) is 1. The summed E-state index contributed by atoms with van der Waals surface area (Å²) < 4.78 is 24.5. The number of nitrogens with one attached hydrogen (secondary N) is 1. The standard InChI is InChI=1S/C27H28FNO4/c1-4-13-33-23-8-6-5-7-20(23)25-24(27(31)32-3)16(2)29-21-14-18(15-22(30)26(21)25)17-9-11-19(28)12-10-17/h5-12,18,25,29H,4,13-15H2,1-3H3/t18-,25+/m0/s1. The minimum absolute atomic E-state index is 0.0396. The monoisotopic (exact) mass is 449 g/mol. The van der Waals surface area contributed by atoms with Crippen molar-refractivity contribution in [2.24, 2.45) is 0 Å². The van der Waals surface area contributed by atoms with Crippen LogP contribution in [0, 0.1) is 5.82 Å². The third kappa shape index (κ3) is 4.42. The molecule has 2 atom stereocenters. The highest BCUT2D eigenvalue weighted by Crippen LogP contribution is 2.47. The van der Waals surface area contributed by atoms with Crippen LogP contribution in [-0.2, 0) is 14.3 Å². The van der Waals surface area contributed by atoms with Crippen LogP contribution < -0.4 is 10.1 Å². The molecule has 5 nitrogen and oxygen atoms in total. The molecule has 1 aliphatic carbocycles. The average molecular weight is 450 g/mol. The molecule has 0 spiro atoms. The molecule has 2 aromatic carbocycles. The number of hydrogen-bond acceptors (Lipinski definition) is 5. The lowest BCUT2D eigenvalue weighted by Gasteiger charge is -2.37. The maximum Gasteiger partial charge on any atom is 0.336 e. The van der Waals surface area contributed by atoms with E-state index in [0.717, 1.165) is 23.2 Å². The van der Waals surface area contributed by atoms with Crippen LogP contribution in [0.4, 0.5) is 4.39 Å². The number of para-hydroxylation sites is 1. The van der Waals surface area contributed by atoms with Gasteiger partial charge in [-0.3, -0.25) is 4.79 Å². The van der Waals surface area contributed by atoms with Crippen molar-refractivity contribution in [1.82, 2.24) is 5.32 Å². The first-order valence-corrected chi connectivity index (χ1v) is 11.2. The quantitative estimate of drug-likeness (QED) is 0.618. The van der Waals surface area contributed by atoms with Crippen molar-refractivity contribution in [1.29, 1.82) is 0 Å². The number of Topliss-reactive ketones (excluding diaryl/α,β-unsaturated/α-hetero) is 1. The van der Waals surface area contributed by atoms with Crippen molar-refractivity contribution in [2.75, 3.05) is 13.7 Å². The second-order valence-electron chi connectivity index (χ2n) is 8.45. The van der Waals surface area contributed by atoms with Crippen LogP contribution in [0.25, 0.3) is 0 Å². The Bertz CT molecular complexity index is 1130. The number of methoxy groups -OCH3 is 1. The molecule has 33 heavy (non-hydrogen) atoms. The highest BCUT2D eigenvalue weighted by Gasteiger charge is 2.42. The number of ketones is 1. The summed E-state index contributed by atoms with van der Waals surface area (Å²) in [4.78, 5) is 26.4. The summed E-state index contributed by atoms with van der Waals surface area (Å²) in [7, 11) is 1.34. The summed E-state index contributed by atoms with van der Waals surface area (Å²) in [5.74, 6) is -0.812. The molecule has 1 heterocycles. The molecule has 1 aliphatic heterocycles. The molecular weight excluding hydrogens is 421 g/mol. The Balaban J connectivity index is 1.81. The van der Waals surface area contributed by atoms with Gasteiger partial charge in [-0.2, -0.15) is 0 Å². The zero-order chi connectivity index (χ0) is 23.5. The lowest BCUT2D eigenvalue weighted by Crippen LogP contribution is -2.36. The van der Waals surface area contributed by atoms with Crippen molar-refractivity contribution in [3.63, 3.8) is 0 Å². The molecular formula is C27H28FNO4. The maximum absolute atomic E-state index is 13.6. The van der Waals surface area contributed by atoms with Gasteiger partial charge in [0, 0.05) is 29.0 Å². The van der Waals surface area contributed by atoms with Gasteiger partial charge in [-0.15, -0.1) is 0 Å². The number of ether oxygens (including phenoxy) is 2. The van der Waals surface area contributed by atoms with Gasteiger partial charge in [0.05, 0.1) is 25.2 Å². The molecule has 0 radical (unpaired) electrons. The summed E-state index contributed by atoms with van der Waals surface area (Å²) in [6.07, 6.45) is 1.71. The lowest BCUT2D eigenvalue weighted by molar-refractivity contribution is -0.136. The summed E-state index contributed by atoms with van der Waals surface area (Å²) in [6, 6.07) is 13.8. The largest absolute Gasteiger partial charge is 0.493 e. The molecule has 0 amide bonds. The van der Waals surface area contributed by atoms with Crippen LogP contribution in [0.1, 0.15) is 56.1 Å². The molecule has 172 valence electrons. The van der Waals surface area contributed by atoms with Gasteiger partial charge >= 0.3 is 5.97 Å². The first-order valence-electron chi connectivity index (χ1n) is 11.2. The van der Waals surface area contributed by atoms with Gasteiger partial charge in [-0.1, -0.05) is 37.3 Å². The van der Waals surface area contributed by atoms with E-state index >= 15 is 0 Å². The van der Waals surface area contributed by atoms with Crippen LogP contribution in [0.15, 0.2) is 71.1 Å². The van der Waals surface area contributed by atoms with Gasteiger partial charge in [0.2, 0.25) is 0 Å². The van der Waals surface area contributed by atoms with Gasteiger partial charge in [0.25, 0.3) is 0 Å². The first kappa shape index (κ1) is 22.8. The molecule has 6 heteroatoms. The average Bonchev–Trinajstić information content (AvgIpc) is 2.82. The Kier molecular flexibility index (Phi) is 6.63. The minimum Gasteiger partial charge on any atom is -0.493 e. The van der Waals surface area contributed by atoms with Crippen LogP contribution in [-0.4, -0.2) is 25.5 Å². The second-order valence-corrected chi connectivity index (χ2v) is 8.45. The van der Waals surface area contributed by atoms with Crippen LogP contribution in [0.5, 0.6) is 5.75 Å². The number of allylic oxidation sites excluding steroid dienone is 3. The lowest BCUT2D eigenvalue weighted by atomic mass is 9.71. The molecule has 1 N–H and O–H groups in total. The highest BCUT2D eigenvalue weighted by molar-refractivity contribution is 6.04. The molecule has 0 fully saturated rings. The predicted molar refractivity (Wildman–Crippen MR) is 123 cm³/mol. The molecule has 0 bridgehead atoms. The van der Waals surface area contributed by atoms with E-state index in [1.807, 2.05) is 38.1 Å². The number of rotatable bonds is 6. The summed E-state index contributed by atoms with van der Waals surface area (Å²) in [6.45, 7) is 4.38. The molecule has 0 saturated carbocycles. The van der Waals surface area contributed by atoms with Crippen LogP contribution >= 0.6 is 0 Å². The van der Waals surface area contributed by atoms with E-state index in [-0.39, 0.29) is 23.9 Å². The van der Waals surface area contributed by atoms with E-state index in [1.165, 1.54) is 19.2 Å².